The van der Waals surface area contributed by atoms with Gasteiger partial charge in [-0.25, -0.2) is 0 Å². The van der Waals surface area contributed by atoms with E-state index < -0.39 is 48.0 Å². The first-order valence-corrected chi connectivity index (χ1v) is 14.8. The van der Waals surface area contributed by atoms with Crippen LogP contribution in [0.2, 0.25) is 0 Å². The molecule has 28 heteroatoms. The first-order valence-electron chi connectivity index (χ1n) is 14.8. The second-order valence-corrected chi connectivity index (χ2v) is 9.89. The number of esters is 1. The number of hydrogen-bond acceptors (Lipinski definition) is 13. The molecule has 0 saturated carbocycles. The van der Waals surface area contributed by atoms with Gasteiger partial charge in [-0.2, -0.15) is 0 Å². The zero-order valence-corrected chi connectivity index (χ0v) is 32.7. The van der Waals surface area contributed by atoms with Crippen molar-refractivity contribution in [2.24, 2.45) is 45.9 Å². The fourth-order valence-corrected chi connectivity index (χ4v) is 2.82. The highest BCUT2D eigenvalue weighted by Gasteiger charge is 2.13. The number of carboxylic acids is 3. The monoisotopic (exact) mass is 854 g/mol. The average molecular weight is 857 g/mol. The molecule has 0 aromatic heterocycles. The molecule has 4 atom stereocenters. The third-order valence-corrected chi connectivity index (χ3v) is 5.48. The van der Waals surface area contributed by atoms with Gasteiger partial charge in [0.1, 0.15) is 24.2 Å². The van der Waals surface area contributed by atoms with Crippen LogP contribution in [0.1, 0.15) is 51.4 Å². The van der Waals surface area contributed by atoms with E-state index in [2.05, 4.69) is 26.0 Å². The fraction of sp³-hybridized carbons (Fsp3) is 0.680. The number of methoxy groups -OCH3 is 1. The van der Waals surface area contributed by atoms with Gasteiger partial charge >= 0.3 is 23.9 Å². The molecule has 0 aliphatic heterocycles. The van der Waals surface area contributed by atoms with Crippen LogP contribution < -0.4 is 67.1 Å². The van der Waals surface area contributed by atoms with Gasteiger partial charge in [-0.15, -0.1) is 49.6 Å². The Kier molecular flexibility index (Phi) is 55.9. The van der Waals surface area contributed by atoms with Gasteiger partial charge in [-0.3, -0.25) is 40.8 Å². The maximum absolute atomic E-state index is 10.8. The van der Waals surface area contributed by atoms with E-state index in [0.717, 1.165) is 0 Å². The average Bonchev–Trinajstić information content (AvgIpc) is 3.01. The number of hydrogen-bond donors (Lipinski definition) is 19. The minimum absolute atomic E-state index is 0. The number of halogens is 4. The molecular formula is C25H62Cl4N16O8. The van der Waals surface area contributed by atoms with Crippen molar-refractivity contribution in [2.45, 2.75) is 75.5 Å². The Bertz CT molecular complexity index is 934. The fourth-order valence-electron chi connectivity index (χ4n) is 2.82. The van der Waals surface area contributed by atoms with E-state index in [1.807, 2.05) is 0 Å². The summed E-state index contributed by atoms with van der Waals surface area (Å²) < 4.78 is 4.44. The van der Waals surface area contributed by atoms with Crippen molar-refractivity contribution < 1.29 is 39.2 Å². The van der Waals surface area contributed by atoms with Crippen LogP contribution in [0.5, 0.6) is 0 Å². The molecule has 0 spiro atoms. The van der Waals surface area contributed by atoms with Crippen LogP contribution in [0.4, 0.5) is 0 Å². The predicted octanol–water partition coefficient (Wildman–Crippen LogP) is -3.58. The first kappa shape index (κ1) is 67.1. The molecule has 0 fully saturated rings. The maximum Gasteiger partial charge on any atom is 0.322 e. The minimum atomic E-state index is -1.00. The van der Waals surface area contributed by atoms with E-state index in [1.165, 1.54) is 7.11 Å². The van der Waals surface area contributed by atoms with E-state index in [-0.39, 0.29) is 73.5 Å². The Labute approximate surface area is 333 Å². The molecule has 27 N–H and O–H groups in total. The van der Waals surface area contributed by atoms with E-state index in [0.29, 0.717) is 77.5 Å². The van der Waals surface area contributed by atoms with E-state index in [4.69, 9.17) is 82.8 Å². The summed E-state index contributed by atoms with van der Waals surface area (Å²) in [5.74, 6) is -3.83. The highest BCUT2D eigenvalue weighted by atomic mass is 35.5. The van der Waals surface area contributed by atoms with Crippen LogP contribution in [0.3, 0.4) is 0 Å². The molecule has 0 radical (unpaired) electrons. The lowest BCUT2D eigenvalue weighted by Crippen LogP contribution is -2.34. The standard InChI is InChI=1S/C7H16N4O2.3C6H14N4O2.4ClH/c1-13-6(12)5(8)3-2-4-11-7(9)10;3*7-4(5(11)12)2-1-3-10-6(8)9;;;;/h5H,2-4,8H2,1H3,(H4,9,10,11);3*4H,1-3,7H2,(H,11,12)(H4,8,9,10);4*1H/t5-;3*4-;;;;/m1100..../s1. The molecule has 0 aromatic rings. The number of carbonyl (C=O) groups is 4. The summed E-state index contributed by atoms with van der Waals surface area (Å²) in [7, 11) is 1.30. The smallest absolute Gasteiger partial charge is 0.322 e. The van der Waals surface area contributed by atoms with Gasteiger partial charge in [0.15, 0.2) is 23.8 Å². The second-order valence-electron chi connectivity index (χ2n) is 9.89. The van der Waals surface area contributed by atoms with Crippen molar-refractivity contribution in [1.82, 2.24) is 21.3 Å². The van der Waals surface area contributed by atoms with Gasteiger partial charge in [0.25, 0.3) is 0 Å². The molecule has 0 aliphatic rings. The molecule has 0 aromatic carbocycles. The van der Waals surface area contributed by atoms with Crippen molar-refractivity contribution >= 4 is 97.3 Å². The third kappa shape index (κ3) is 57.5. The zero-order valence-electron chi connectivity index (χ0n) is 29.4. The molecule has 0 amide bonds. The molecule has 0 aliphatic carbocycles. The highest BCUT2D eigenvalue weighted by molar-refractivity contribution is 5.86. The summed E-state index contributed by atoms with van der Waals surface area (Å²) in [6.45, 7) is 1.99. The van der Waals surface area contributed by atoms with Crippen molar-refractivity contribution in [3.05, 3.63) is 0 Å². The van der Waals surface area contributed by atoms with E-state index in [9.17, 15) is 19.2 Å². The zero-order chi connectivity index (χ0) is 38.9. The van der Waals surface area contributed by atoms with Gasteiger partial charge in [0.05, 0.1) is 7.11 Å². The summed E-state index contributed by atoms with van der Waals surface area (Å²) in [6, 6.07) is -3.05. The van der Waals surface area contributed by atoms with Gasteiger partial charge in [0, 0.05) is 26.2 Å². The molecular weight excluding hydrogens is 794 g/mol. The van der Waals surface area contributed by atoms with Crippen LogP contribution in [-0.4, -0.2) is 120 Å². The van der Waals surface area contributed by atoms with Crippen LogP contribution in [0.25, 0.3) is 0 Å². The Morgan fingerprint density at radius 2 is 0.679 bits per heavy atom. The highest BCUT2D eigenvalue weighted by Crippen LogP contribution is 1.95. The summed E-state index contributed by atoms with van der Waals surface area (Å²) >= 11 is 0. The number of nitrogens with one attached hydrogen (secondary N) is 8. The van der Waals surface area contributed by atoms with Gasteiger partial charge in [-0.05, 0) is 51.4 Å². The summed E-state index contributed by atoms with van der Waals surface area (Å²) in [5, 5.41) is 62.6. The quantitative estimate of drug-likeness (QED) is 0.0244. The number of nitrogens with two attached hydrogens (primary N) is 8. The molecule has 318 valence electrons. The Morgan fingerprint density at radius 1 is 0.491 bits per heavy atom. The molecule has 0 saturated heterocycles. The lowest BCUT2D eigenvalue weighted by Gasteiger charge is -2.08. The molecule has 0 rings (SSSR count). The normalized spacial score (nSPS) is 11.1. The first-order chi connectivity index (χ1) is 22.7. The SMILES string of the molecule is COC(=O)[C@H](N)CCCNC(=N)N.Cl.Cl.Cl.Cl.N=C(N)NCCC[C@@H](N)C(=O)O.N=C(N)NCCC[C@H](N)C(=O)O.N=C(N)NCCC[C@H](N)C(=O)O. The largest absolute Gasteiger partial charge is 0.480 e. The molecule has 0 heterocycles. The number of carboxylic acid groups (broad SMARTS) is 3. The summed E-state index contributed by atoms with van der Waals surface area (Å²) in [6.07, 6.45) is 4.12. The van der Waals surface area contributed by atoms with Crippen LogP contribution in [-0.2, 0) is 23.9 Å². The molecule has 24 nitrogen and oxygen atoms in total. The third-order valence-electron chi connectivity index (χ3n) is 5.48. The Morgan fingerprint density at radius 3 is 0.830 bits per heavy atom. The van der Waals surface area contributed by atoms with Crippen molar-refractivity contribution in [3.63, 3.8) is 0 Å². The number of carbonyl (C=O) groups excluding carboxylic acids is 1. The summed E-state index contributed by atoms with van der Waals surface area (Å²) in [4.78, 5) is 41.5. The van der Waals surface area contributed by atoms with Crippen molar-refractivity contribution in [3.8, 4) is 0 Å². The minimum Gasteiger partial charge on any atom is -0.480 e. The number of aliphatic carboxylic acids is 3. The van der Waals surface area contributed by atoms with E-state index >= 15 is 0 Å². The molecule has 53 heavy (non-hydrogen) atoms. The number of guanidine groups is 4. The predicted molar refractivity (Wildman–Crippen MR) is 212 cm³/mol. The number of ether oxygens (including phenoxy) is 1. The molecule has 0 unspecified atom stereocenters. The van der Waals surface area contributed by atoms with E-state index in [1.54, 1.807) is 0 Å². The van der Waals surface area contributed by atoms with Crippen molar-refractivity contribution in [2.75, 3.05) is 33.3 Å². The van der Waals surface area contributed by atoms with Gasteiger partial charge < -0.3 is 87.2 Å². The van der Waals surface area contributed by atoms with Crippen LogP contribution in [0, 0.1) is 21.6 Å². The lowest BCUT2D eigenvalue weighted by molar-refractivity contribution is -0.142. The van der Waals surface area contributed by atoms with Crippen molar-refractivity contribution in [1.29, 1.82) is 21.6 Å². The second kappa shape index (κ2) is 44.1. The van der Waals surface area contributed by atoms with Crippen LogP contribution in [0.15, 0.2) is 0 Å². The Hall–Kier alpha value is -4.04. The Balaban J connectivity index is -0.0000000829. The topological polar surface area (TPSA) is 490 Å². The van der Waals surface area contributed by atoms with Crippen LogP contribution >= 0.6 is 49.6 Å². The van der Waals surface area contributed by atoms with Gasteiger partial charge in [-0.1, -0.05) is 0 Å². The summed E-state index contributed by atoms with van der Waals surface area (Å²) in [5.41, 5.74) is 41.1. The number of rotatable bonds is 20. The van der Waals surface area contributed by atoms with Gasteiger partial charge in [0.2, 0.25) is 0 Å². The maximum atomic E-state index is 10.8. The lowest BCUT2D eigenvalue weighted by atomic mass is 10.2. The molecule has 0 bridgehead atoms.